The highest BCUT2D eigenvalue weighted by Gasteiger charge is 2.23. The normalized spacial score (nSPS) is 18.4. The minimum absolute atomic E-state index is 0.185. The first-order valence-electron chi connectivity index (χ1n) is 6.02. The Hall–Kier alpha value is -1.74. The summed E-state index contributed by atoms with van der Waals surface area (Å²) in [7, 11) is 0. The van der Waals surface area contributed by atoms with E-state index < -0.39 is 11.6 Å². The number of benzene rings is 2. The van der Waals surface area contributed by atoms with Gasteiger partial charge in [0.05, 0.1) is 6.04 Å². The number of nitrogens with one attached hydrogen (secondary N) is 1. The van der Waals surface area contributed by atoms with Crippen LogP contribution < -0.4 is 5.32 Å². The summed E-state index contributed by atoms with van der Waals surface area (Å²) in [5.41, 5.74) is 2.81. The van der Waals surface area contributed by atoms with E-state index in [0.29, 0.717) is 5.56 Å². The molecule has 2 aromatic rings. The first-order chi connectivity index (χ1) is 8.75. The van der Waals surface area contributed by atoms with Crippen molar-refractivity contribution in [3.63, 3.8) is 0 Å². The van der Waals surface area contributed by atoms with Crippen molar-refractivity contribution < 1.29 is 8.78 Å². The molecule has 1 unspecified atom stereocenters. The van der Waals surface area contributed by atoms with E-state index in [-0.39, 0.29) is 6.04 Å². The quantitative estimate of drug-likeness (QED) is 0.813. The van der Waals surface area contributed by atoms with Crippen molar-refractivity contribution in [2.75, 3.05) is 6.54 Å². The van der Waals surface area contributed by atoms with Crippen LogP contribution in [-0.2, 0) is 6.42 Å². The summed E-state index contributed by atoms with van der Waals surface area (Å²) in [6.07, 6.45) is 0.940. The summed E-state index contributed by atoms with van der Waals surface area (Å²) in [6.45, 7) is 0.804. The molecule has 3 heteroatoms. The third-order valence-corrected chi connectivity index (χ3v) is 3.38. The summed E-state index contributed by atoms with van der Waals surface area (Å²) < 4.78 is 26.8. The van der Waals surface area contributed by atoms with Gasteiger partial charge >= 0.3 is 0 Å². The summed E-state index contributed by atoms with van der Waals surface area (Å²) in [5, 5.41) is 3.29. The largest absolute Gasteiger partial charge is 0.306 e. The lowest BCUT2D eigenvalue weighted by Gasteiger charge is -2.27. The van der Waals surface area contributed by atoms with Gasteiger partial charge in [-0.1, -0.05) is 30.3 Å². The topological polar surface area (TPSA) is 12.0 Å². The van der Waals surface area contributed by atoms with E-state index in [1.54, 1.807) is 0 Å². The standard InChI is InChI=1S/C15H13F2N/c16-11-5-6-13(14(17)9-11)15-12-4-2-1-3-10(12)7-8-18-15/h1-6,9,15,18H,7-8H2. The van der Waals surface area contributed by atoms with Crippen molar-refractivity contribution in [3.8, 4) is 0 Å². The lowest BCUT2D eigenvalue weighted by atomic mass is 9.90. The van der Waals surface area contributed by atoms with E-state index in [0.717, 1.165) is 24.6 Å². The fourth-order valence-corrected chi connectivity index (χ4v) is 2.52. The number of rotatable bonds is 1. The van der Waals surface area contributed by atoms with Crippen LogP contribution in [0.15, 0.2) is 42.5 Å². The van der Waals surface area contributed by atoms with Crippen LogP contribution in [0.4, 0.5) is 8.78 Å². The maximum absolute atomic E-state index is 13.8. The van der Waals surface area contributed by atoms with Gasteiger partial charge in [0, 0.05) is 18.2 Å². The van der Waals surface area contributed by atoms with E-state index in [2.05, 4.69) is 11.4 Å². The van der Waals surface area contributed by atoms with Gasteiger partial charge in [0.1, 0.15) is 11.6 Å². The van der Waals surface area contributed by atoms with Crippen molar-refractivity contribution in [2.45, 2.75) is 12.5 Å². The molecule has 1 aliphatic heterocycles. The molecule has 1 aliphatic rings. The van der Waals surface area contributed by atoms with E-state index in [1.165, 1.54) is 17.7 Å². The molecule has 0 radical (unpaired) electrons. The summed E-state index contributed by atoms with van der Waals surface area (Å²) in [4.78, 5) is 0. The third-order valence-electron chi connectivity index (χ3n) is 3.38. The first kappa shape index (κ1) is 11.4. The van der Waals surface area contributed by atoms with Gasteiger partial charge in [-0.25, -0.2) is 8.78 Å². The Morgan fingerprint density at radius 1 is 1.00 bits per heavy atom. The second kappa shape index (κ2) is 4.50. The predicted octanol–water partition coefficient (Wildman–Crippen LogP) is 3.20. The van der Waals surface area contributed by atoms with Crippen LogP contribution >= 0.6 is 0 Å². The monoisotopic (exact) mass is 245 g/mol. The molecule has 92 valence electrons. The van der Waals surface area contributed by atoms with Crippen LogP contribution in [0.25, 0.3) is 0 Å². The third kappa shape index (κ3) is 1.91. The highest BCUT2D eigenvalue weighted by atomic mass is 19.1. The molecule has 3 rings (SSSR count). The van der Waals surface area contributed by atoms with Crippen LogP contribution in [-0.4, -0.2) is 6.54 Å². The van der Waals surface area contributed by atoms with Crippen molar-refractivity contribution in [1.29, 1.82) is 0 Å². The van der Waals surface area contributed by atoms with Gasteiger partial charge in [0.15, 0.2) is 0 Å². The molecule has 1 N–H and O–H groups in total. The SMILES string of the molecule is Fc1ccc(C2NCCc3ccccc32)c(F)c1. The van der Waals surface area contributed by atoms with Crippen molar-refractivity contribution in [3.05, 3.63) is 70.8 Å². The molecule has 2 aromatic carbocycles. The van der Waals surface area contributed by atoms with Crippen molar-refractivity contribution >= 4 is 0 Å². The van der Waals surface area contributed by atoms with Crippen LogP contribution in [0.1, 0.15) is 22.7 Å². The smallest absolute Gasteiger partial charge is 0.131 e. The highest BCUT2D eigenvalue weighted by Crippen LogP contribution is 2.30. The number of fused-ring (bicyclic) bond motifs is 1. The maximum atomic E-state index is 13.8. The summed E-state index contributed by atoms with van der Waals surface area (Å²) >= 11 is 0. The zero-order valence-corrected chi connectivity index (χ0v) is 9.79. The first-order valence-corrected chi connectivity index (χ1v) is 6.02. The molecule has 0 aromatic heterocycles. The van der Waals surface area contributed by atoms with Gasteiger partial charge in [0.2, 0.25) is 0 Å². The molecular weight excluding hydrogens is 232 g/mol. The maximum Gasteiger partial charge on any atom is 0.131 e. The molecule has 0 spiro atoms. The van der Waals surface area contributed by atoms with Gasteiger partial charge < -0.3 is 5.32 Å². The second-order valence-electron chi connectivity index (χ2n) is 4.50. The molecule has 0 amide bonds. The van der Waals surface area contributed by atoms with Gasteiger partial charge in [-0.2, -0.15) is 0 Å². The van der Waals surface area contributed by atoms with E-state index in [4.69, 9.17) is 0 Å². The van der Waals surface area contributed by atoms with Gasteiger partial charge in [-0.3, -0.25) is 0 Å². The zero-order chi connectivity index (χ0) is 12.5. The predicted molar refractivity (Wildman–Crippen MR) is 66.3 cm³/mol. The van der Waals surface area contributed by atoms with Crippen LogP contribution in [0.5, 0.6) is 0 Å². The lowest BCUT2D eigenvalue weighted by Crippen LogP contribution is -2.31. The molecule has 0 bridgehead atoms. The Labute approximate surface area is 104 Å². The van der Waals surface area contributed by atoms with Crippen molar-refractivity contribution in [2.24, 2.45) is 0 Å². The average molecular weight is 245 g/mol. The highest BCUT2D eigenvalue weighted by molar-refractivity contribution is 5.40. The van der Waals surface area contributed by atoms with Gasteiger partial charge in [0.25, 0.3) is 0 Å². The number of hydrogen-bond acceptors (Lipinski definition) is 1. The fraction of sp³-hybridized carbons (Fsp3) is 0.200. The molecule has 0 fully saturated rings. The van der Waals surface area contributed by atoms with E-state index in [9.17, 15) is 8.78 Å². The summed E-state index contributed by atoms with van der Waals surface area (Å²) in [5.74, 6) is -1.04. The molecule has 0 aliphatic carbocycles. The average Bonchev–Trinajstić information content (AvgIpc) is 2.38. The molecule has 1 atom stereocenters. The number of hydrogen-bond donors (Lipinski definition) is 1. The Bertz CT molecular complexity index is 580. The van der Waals surface area contributed by atoms with Crippen LogP contribution in [0, 0.1) is 11.6 Å². The minimum atomic E-state index is -0.541. The van der Waals surface area contributed by atoms with E-state index in [1.807, 2.05) is 18.2 Å². The Kier molecular flexibility index (Phi) is 2.84. The number of halogens is 2. The molecule has 0 saturated heterocycles. The van der Waals surface area contributed by atoms with Gasteiger partial charge in [-0.15, -0.1) is 0 Å². The minimum Gasteiger partial charge on any atom is -0.306 e. The second-order valence-corrected chi connectivity index (χ2v) is 4.50. The molecule has 1 nitrogen and oxygen atoms in total. The zero-order valence-electron chi connectivity index (χ0n) is 9.79. The van der Waals surface area contributed by atoms with Crippen LogP contribution in [0.3, 0.4) is 0 Å². The fourth-order valence-electron chi connectivity index (χ4n) is 2.52. The van der Waals surface area contributed by atoms with Crippen molar-refractivity contribution in [1.82, 2.24) is 5.32 Å². The van der Waals surface area contributed by atoms with Crippen LogP contribution in [0.2, 0.25) is 0 Å². The molecule has 18 heavy (non-hydrogen) atoms. The Morgan fingerprint density at radius 3 is 2.67 bits per heavy atom. The lowest BCUT2D eigenvalue weighted by molar-refractivity contribution is 0.518. The molecule has 0 saturated carbocycles. The molecule has 1 heterocycles. The molecular formula is C15H13F2N. The van der Waals surface area contributed by atoms with Gasteiger partial charge in [-0.05, 0) is 23.6 Å². The van der Waals surface area contributed by atoms with E-state index >= 15 is 0 Å². The Balaban J connectivity index is 2.08. The Morgan fingerprint density at radius 2 is 1.83 bits per heavy atom. The summed E-state index contributed by atoms with van der Waals surface area (Å²) in [6, 6.07) is 11.6.